The predicted molar refractivity (Wildman–Crippen MR) is 76.4 cm³/mol. The van der Waals surface area contributed by atoms with E-state index in [1.54, 1.807) is 18.2 Å². The molecule has 0 amide bonds. The Morgan fingerprint density at radius 2 is 1.90 bits per heavy atom. The smallest absolute Gasteiger partial charge is 0.353 e. The van der Waals surface area contributed by atoms with Crippen molar-refractivity contribution < 1.29 is 23.8 Å². The molecule has 0 N–H and O–H groups in total. The first kappa shape index (κ1) is 16.2. The van der Waals surface area contributed by atoms with Crippen LogP contribution in [-0.4, -0.2) is 39.0 Å². The van der Waals surface area contributed by atoms with E-state index < -0.39 is 11.9 Å². The fraction of sp³-hybridized carbons (Fsp3) is 0.308. The Labute approximate surface area is 124 Å². The number of carbonyl (C=O) groups excluding carboxylic acids is 2. The minimum Gasteiger partial charge on any atom is -0.494 e. The molecule has 7 heteroatoms. The van der Waals surface area contributed by atoms with Crippen LogP contribution in [0.1, 0.15) is 6.42 Å². The summed E-state index contributed by atoms with van der Waals surface area (Å²) < 4.78 is 15.1. The number of halogens is 1. The molecule has 0 saturated heterocycles. The van der Waals surface area contributed by atoms with Crippen LogP contribution >= 0.6 is 15.9 Å². The highest BCUT2D eigenvalue weighted by molar-refractivity contribution is 9.10. The third-order valence-corrected chi connectivity index (χ3v) is 2.85. The van der Waals surface area contributed by atoms with E-state index in [2.05, 4.69) is 30.4 Å². The van der Waals surface area contributed by atoms with E-state index in [0.717, 1.165) is 4.47 Å². The Balaban J connectivity index is 3.18. The van der Waals surface area contributed by atoms with Gasteiger partial charge in [0.05, 0.1) is 27.8 Å². The van der Waals surface area contributed by atoms with Gasteiger partial charge in [0, 0.05) is 4.47 Å². The van der Waals surface area contributed by atoms with Gasteiger partial charge in [0.25, 0.3) is 0 Å². The van der Waals surface area contributed by atoms with Crippen LogP contribution in [0.5, 0.6) is 5.75 Å². The van der Waals surface area contributed by atoms with Crippen molar-refractivity contribution in [3.63, 3.8) is 0 Å². The van der Waals surface area contributed by atoms with Crippen molar-refractivity contribution in [3.8, 4) is 5.75 Å². The first-order valence-electron chi connectivity index (χ1n) is 5.58. The van der Waals surface area contributed by atoms with E-state index in [1.165, 1.54) is 21.3 Å². The molecular weight excluding hydrogens is 330 g/mol. The number of hydrogen-bond donors (Lipinski definition) is 0. The molecule has 108 valence electrons. The molecule has 0 aliphatic rings. The first-order valence-corrected chi connectivity index (χ1v) is 6.37. The van der Waals surface area contributed by atoms with Crippen molar-refractivity contribution in [2.75, 3.05) is 21.3 Å². The zero-order valence-electron chi connectivity index (χ0n) is 11.3. The molecule has 0 fully saturated rings. The van der Waals surface area contributed by atoms with E-state index >= 15 is 0 Å². The highest BCUT2D eigenvalue weighted by Crippen LogP contribution is 2.30. The highest BCUT2D eigenvalue weighted by Gasteiger charge is 2.18. The second kappa shape index (κ2) is 7.64. The van der Waals surface area contributed by atoms with Gasteiger partial charge in [-0.25, -0.2) is 9.79 Å². The van der Waals surface area contributed by atoms with Crippen LogP contribution in [0.4, 0.5) is 5.69 Å². The molecule has 0 bridgehead atoms. The number of rotatable bonds is 5. The number of esters is 2. The zero-order chi connectivity index (χ0) is 15.1. The predicted octanol–water partition coefficient (Wildman–Crippen LogP) is 2.27. The third kappa shape index (κ3) is 4.34. The molecule has 1 aromatic rings. The molecule has 0 aromatic heterocycles. The summed E-state index contributed by atoms with van der Waals surface area (Å²) in [6.45, 7) is 0. The van der Waals surface area contributed by atoms with Crippen LogP contribution in [0.3, 0.4) is 0 Å². The van der Waals surface area contributed by atoms with Crippen LogP contribution in [0.25, 0.3) is 0 Å². The molecule has 0 atom stereocenters. The van der Waals surface area contributed by atoms with E-state index in [-0.39, 0.29) is 12.1 Å². The lowest BCUT2D eigenvalue weighted by Crippen LogP contribution is -2.20. The maximum absolute atomic E-state index is 11.6. The van der Waals surface area contributed by atoms with Crippen molar-refractivity contribution in [1.82, 2.24) is 0 Å². The van der Waals surface area contributed by atoms with Crippen LogP contribution in [0.15, 0.2) is 27.7 Å². The molecule has 0 aliphatic heterocycles. The third-order valence-electron chi connectivity index (χ3n) is 2.36. The fourth-order valence-corrected chi connectivity index (χ4v) is 1.71. The number of aliphatic imine (C=N–C) groups is 1. The summed E-state index contributed by atoms with van der Waals surface area (Å²) in [7, 11) is 3.93. The number of benzene rings is 1. The van der Waals surface area contributed by atoms with Crippen molar-refractivity contribution in [2.24, 2.45) is 4.99 Å². The average molecular weight is 344 g/mol. The van der Waals surface area contributed by atoms with Crippen molar-refractivity contribution in [1.29, 1.82) is 0 Å². The number of carbonyl (C=O) groups is 2. The lowest BCUT2D eigenvalue weighted by molar-refractivity contribution is -0.140. The molecule has 0 unspecified atom stereocenters. The van der Waals surface area contributed by atoms with Crippen molar-refractivity contribution in [2.45, 2.75) is 6.42 Å². The lowest BCUT2D eigenvalue weighted by atomic mass is 10.2. The van der Waals surface area contributed by atoms with Gasteiger partial charge in [-0.3, -0.25) is 4.79 Å². The quantitative estimate of drug-likeness (QED) is 0.605. The summed E-state index contributed by atoms with van der Waals surface area (Å²) in [6, 6.07) is 5.10. The summed E-state index contributed by atoms with van der Waals surface area (Å²) in [5.41, 5.74) is 0.361. The van der Waals surface area contributed by atoms with Crippen molar-refractivity contribution >= 4 is 39.3 Å². The largest absolute Gasteiger partial charge is 0.494 e. The monoisotopic (exact) mass is 343 g/mol. The molecule has 0 heterocycles. The SMILES string of the molecule is COC(=O)CC(=Nc1ccc(Br)cc1OC)C(=O)OC. The molecule has 6 nitrogen and oxygen atoms in total. The van der Waals surface area contributed by atoms with E-state index in [1.807, 2.05) is 0 Å². The van der Waals surface area contributed by atoms with Crippen LogP contribution < -0.4 is 4.74 Å². The van der Waals surface area contributed by atoms with Gasteiger partial charge in [-0.1, -0.05) is 15.9 Å². The van der Waals surface area contributed by atoms with Gasteiger partial charge in [-0.15, -0.1) is 0 Å². The van der Waals surface area contributed by atoms with Gasteiger partial charge < -0.3 is 14.2 Å². The molecule has 20 heavy (non-hydrogen) atoms. The van der Waals surface area contributed by atoms with Gasteiger partial charge in [-0.05, 0) is 18.2 Å². The van der Waals surface area contributed by atoms with Gasteiger partial charge >= 0.3 is 11.9 Å². The maximum atomic E-state index is 11.6. The minimum atomic E-state index is -0.694. The van der Waals surface area contributed by atoms with E-state index in [9.17, 15) is 9.59 Å². The van der Waals surface area contributed by atoms with Gasteiger partial charge in [-0.2, -0.15) is 0 Å². The molecule has 1 rings (SSSR count). The van der Waals surface area contributed by atoms with Gasteiger partial charge in [0.2, 0.25) is 0 Å². The molecule has 0 spiro atoms. The summed E-state index contributed by atoms with van der Waals surface area (Å²) in [5.74, 6) is -0.809. The number of hydrogen-bond acceptors (Lipinski definition) is 6. The summed E-state index contributed by atoms with van der Waals surface area (Å²) in [5, 5.41) is 0. The second-order valence-electron chi connectivity index (χ2n) is 3.62. The van der Waals surface area contributed by atoms with Crippen LogP contribution in [-0.2, 0) is 19.1 Å². The van der Waals surface area contributed by atoms with Gasteiger partial charge in [0.15, 0.2) is 0 Å². The Bertz CT molecular complexity index is 542. The minimum absolute atomic E-state index is 0.0556. The molecule has 1 aromatic carbocycles. The average Bonchev–Trinajstić information content (AvgIpc) is 2.46. The van der Waals surface area contributed by atoms with Gasteiger partial charge in [0.1, 0.15) is 17.1 Å². The summed E-state index contributed by atoms with van der Waals surface area (Å²) >= 11 is 3.30. The first-order chi connectivity index (χ1) is 9.51. The van der Waals surface area contributed by atoms with Crippen LogP contribution in [0.2, 0.25) is 0 Å². The zero-order valence-corrected chi connectivity index (χ0v) is 12.9. The normalized spacial score (nSPS) is 10.9. The number of nitrogens with zero attached hydrogens (tertiary/aromatic N) is 1. The molecular formula is C13H14BrNO5. The van der Waals surface area contributed by atoms with E-state index in [0.29, 0.717) is 11.4 Å². The summed E-state index contributed by atoms with van der Waals surface area (Å²) in [4.78, 5) is 27.0. The Kier molecular flexibility index (Phi) is 6.17. The standard InChI is InChI=1S/C13H14BrNO5/c1-18-11-6-8(14)4-5-9(11)15-10(13(17)20-3)7-12(16)19-2/h4-6H,7H2,1-3H3. The Morgan fingerprint density at radius 1 is 1.20 bits per heavy atom. The van der Waals surface area contributed by atoms with Crippen molar-refractivity contribution in [3.05, 3.63) is 22.7 Å². The Hall–Kier alpha value is -1.89. The maximum Gasteiger partial charge on any atom is 0.353 e. The molecule has 0 radical (unpaired) electrons. The lowest BCUT2D eigenvalue weighted by Gasteiger charge is -2.07. The summed E-state index contributed by atoms with van der Waals surface area (Å²) in [6.07, 6.45) is -0.275. The van der Waals surface area contributed by atoms with Crippen LogP contribution in [0, 0.1) is 0 Å². The fourth-order valence-electron chi connectivity index (χ4n) is 1.37. The number of ether oxygens (including phenoxy) is 3. The highest BCUT2D eigenvalue weighted by atomic mass is 79.9. The number of methoxy groups -OCH3 is 3. The molecule has 0 aliphatic carbocycles. The Morgan fingerprint density at radius 3 is 2.45 bits per heavy atom. The second-order valence-corrected chi connectivity index (χ2v) is 4.53. The topological polar surface area (TPSA) is 74.2 Å². The molecule has 0 saturated carbocycles. The van der Waals surface area contributed by atoms with E-state index in [4.69, 9.17) is 4.74 Å².